The Morgan fingerprint density at radius 1 is 1.75 bits per heavy atom. The third-order valence-corrected chi connectivity index (χ3v) is 2.85. The van der Waals surface area contributed by atoms with E-state index in [9.17, 15) is 0 Å². The summed E-state index contributed by atoms with van der Waals surface area (Å²) < 4.78 is 1.02. The van der Waals surface area contributed by atoms with Crippen molar-refractivity contribution < 1.29 is 26.3 Å². The van der Waals surface area contributed by atoms with E-state index in [2.05, 4.69) is 4.93 Å². The molecule has 0 heterocycles. The second-order valence-corrected chi connectivity index (χ2v) is 4.23. The van der Waals surface area contributed by atoms with Gasteiger partial charge in [-0.2, -0.15) is 0 Å². The van der Waals surface area contributed by atoms with Gasteiger partial charge in [-0.1, -0.05) is 0 Å². The summed E-state index contributed by atoms with van der Waals surface area (Å²) in [6.07, 6.45) is -0.324. The van der Waals surface area contributed by atoms with Crippen LogP contribution < -0.4 is 26.9 Å². The molecule has 0 aromatic rings. The van der Waals surface area contributed by atoms with Gasteiger partial charge in [-0.25, -0.2) is 0 Å². The maximum absolute atomic E-state index is 8.84. The Hall–Kier alpha value is 0.650. The molecule has 0 saturated heterocycles. The molecule has 0 unspecified atom stereocenters. The molecule has 0 rings (SSSR count). The van der Waals surface area contributed by atoms with E-state index >= 15 is 0 Å². The van der Waals surface area contributed by atoms with Crippen LogP contribution in [0, 0.1) is 0 Å². The van der Waals surface area contributed by atoms with Crippen molar-refractivity contribution in [3.8, 4) is 0 Å². The van der Waals surface area contributed by atoms with Crippen LogP contribution in [0.3, 0.4) is 0 Å². The molecule has 0 aliphatic carbocycles. The third-order valence-electron chi connectivity index (χ3n) is 0.952. The molecule has 0 spiro atoms. The molecule has 0 aliphatic heterocycles. The first-order valence-corrected chi connectivity index (χ1v) is 6.24. The molecule has 0 aromatic heterocycles. The van der Waals surface area contributed by atoms with Crippen LogP contribution in [0.25, 0.3) is 0 Å². The van der Waals surface area contributed by atoms with Gasteiger partial charge in [0.2, 0.25) is 0 Å². The SMILES string of the molecule is C[I-]C[C@H](N)[C@H](C)O. The van der Waals surface area contributed by atoms with Crippen LogP contribution in [-0.2, 0) is 0 Å². The third kappa shape index (κ3) is 3.63. The van der Waals surface area contributed by atoms with Crippen LogP contribution in [0.4, 0.5) is 0 Å². The van der Waals surface area contributed by atoms with Crippen molar-refractivity contribution in [1.82, 2.24) is 0 Å². The van der Waals surface area contributed by atoms with Crippen molar-refractivity contribution >= 4 is 0 Å². The molecule has 0 fully saturated rings. The van der Waals surface area contributed by atoms with E-state index in [4.69, 9.17) is 10.8 Å². The molecule has 0 saturated carbocycles. The van der Waals surface area contributed by atoms with E-state index in [1.807, 2.05) is 0 Å². The van der Waals surface area contributed by atoms with Crippen LogP contribution in [0.2, 0.25) is 0 Å². The van der Waals surface area contributed by atoms with Gasteiger partial charge in [0.1, 0.15) is 0 Å². The first-order valence-electron chi connectivity index (χ1n) is 2.56. The first kappa shape index (κ1) is 8.65. The van der Waals surface area contributed by atoms with Gasteiger partial charge in [-0.05, 0) is 0 Å². The molecule has 3 N–H and O–H groups in total. The van der Waals surface area contributed by atoms with Crippen molar-refractivity contribution in [3.05, 3.63) is 0 Å². The van der Waals surface area contributed by atoms with Gasteiger partial charge in [-0.3, -0.25) is 0 Å². The van der Waals surface area contributed by atoms with Gasteiger partial charge in [0.25, 0.3) is 0 Å². The van der Waals surface area contributed by atoms with E-state index in [1.165, 1.54) is 0 Å². The van der Waals surface area contributed by atoms with Crippen LogP contribution in [-0.4, -0.2) is 26.6 Å². The standard InChI is InChI=1S/C5H13INO/c1-4(8)5(7)3-6-2/h4-5,8H,3,7H2,1-2H3/q-1/t4-,5-/m0/s1. The fourth-order valence-corrected chi connectivity index (χ4v) is 2.06. The normalized spacial score (nSPS) is 18.5. The maximum atomic E-state index is 8.84. The van der Waals surface area contributed by atoms with Gasteiger partial charge in [-0.15, -0.1) is 0 Å². The van der Waals surface area contributed by atoms with Gasteiger partial charge in [0.05, 0.1) is 0 Å². The Balaban J connectivity index is 3.17. The second kappa shape index (κ2) is 4.52. The van der Waals surface area contributed by atoms with Crippen LogP contribution in [0.15, 0.2) is 0 Å². The van der Waals surface area contributed by atoms with Gasteiger partial charge >= 0.3 is 60.5 Å². The summed E-state index contributed by atoms with van der Waals surface area (Å²) in [5, 5.41) is 8.84. The van der Waals surface area contributed by atoms with E-state index in [1.54, 1.807) is 6.92 Å². The quantitative estimate of drug-likeness (QED) is 0.389. The molecular weight excluding hydrogens is 217 g/mol. The summed E-state index contributed by atoms with van der Waals surface area (Å²) in [6, 6.07) is 0.0211. The van der Waals surface area contributed by atoms with Crippen LogP contribution in [0.5, 0.6) is 0 Å². The summed E-state index contributed by atoms with van der Waals surface area (Å²) in [7, 11) is 0. The number of nitrogens with two attached hydrogens (primary N) is 1. The zero-order chi connectivity index (χ0) is 6.57. The molecule has 52 valence electrons. The molecule has 0 radical (unpaired) electrons. The zero-order valence-corrected chi connectivity index (χ0v) is 7.42. The second-order valence-electron chi connectivity index (χ2n) is 1.83. The molecular formula is C5H13INO-. The number of hydrogen-bond donors (Lipinski definition) is 2. The minimum absolute atomic E-state index is 0.0211. The minimum atomic E-state index is -0.324. The van der Waals surface area contributed by atoms with Crippen molar-refractivity contribution in [3.63, 3.8) is 0 Å². The van der Waals surface area contributed by atoms with E-state index in [0.29, 0.717) is 0 Å². The molecule has 2 atom stereocenters. The fraction of sp³-hybridized carbons (Fsp3) is 1.00. The topological polar surface area (TPSA) is 46.2 Å². The number of alkyl halides is 2. The predicted octanol–water partition coefficient (Wildman–Crippen LogP) is -3.59. The van der Waals surface area contributed by atoms with Crippen molar-refractivity contribution in [2.75, 3.05) is 9.36 Å². The van der Waals surface area contributed by atoms with Crippen molar-refractivity contribution in [2.24, 2.45) is 5.73 Å². The summed E-state index contributed by atoms with van der Waals surface area (Å²) in [6.45, 7) is 1.74. The summed E-state index contributed by atoms with van der Waals surface area (Å²) in [5.41, 5.74) is 5.50. The molecule has 3 heteroatoms. The Bertz CT molecular complexity index is 58.4. The molecule has 2 nitrogen and oxygen atoms in total. The molecule has 0 amide bonds. The molecule has 0 aromatic carbocycles. The fourth-order valence-electron chi connectivity index (χ4n) is 0.307. The summed E-state index contributed by atoms with van der Waals surface area (Å²) >= 11 is 0.249. The predicted molar refractivity (Wildman–Crippen MR) is 30.4 cm³/mol. The van der Waals surface area contributed by atoms with E-state index < -0.39 is 0 Å². The number of aliphatic hydroxyl groups is 1. The number of aliphatic hydroxyl groups excluding tert-OH is 1. The molecule has 8 heavy (non-hydrogen) atoms. The number of halogens is 1. The average molecular weight is 230 g/mol. The van der Waals surface area contributed by atoms with Crippen LogP contribution >= 0.6 is 0 Å². The Morgan fingerprint density at radius 3 is 2.38 bits per heavy atom. The Morgan fingerprint density at radius 2 is 2.25 bits per heavy atom. The number of hydrogen-bond acceptors (Lipinski definition) is 2. The monoisotopic (exact) mass is 230 g/mol. The van der Waals surface area contributed by atoms with E-state index in [-0.39, 0.29) is 33.4 Å². The Kier molecular flexibility index (Phi) is 4.89. The Labute approximate surface area is 60.7 Å². The summed E-state index contributed by atoms with van der Waals surface area (Å²) in [4.78, 5) is 2.17. The summed E-state index contributed by atoms with van der Waals surface area (Å²) in [5.74, 6) is 0. The van der Waals surface area contributed by atoms with E-state index in [0.717, 1.165) is 4.43 Å². The van der Waals surface area contributed by atoms with Crippen LogP contribution in [0.1, 0.15) is 6.92 Å². The van der Waals surface area contributed by atoms with Gasteiger partial charge in [0.15, 0.2) is 0 Å². The number of rotatable bonds is 3. The van der Waals surface area contributed by atoms with Gasteiger partial charge < -0.3 is 0 Å². The van der Waals surface area contributed by atoms with Crippen molar-refractivity contribution in [2.45, 2.75) is 19.1 Å². The zero-order valence-electron chi connectivity index (χ0n) is 5.26. The molecule has 0 bridgehead atoms. The van der Waals surface area contributed by atoms with Crippen molar-refractivity contribution in [1.29, 1.82) is 0 Å². The first-order chi connectivity index (χ1) is 3.68. The molecule has 0 aliphatic rings. The average Bonchev–Trinajstić information content (AvgIpc) is 1.67. The van der Waals surface area contributed by atoms with Gasteiger partial charge in [0, 0.05) is 0 Å².